The fraction of sp³-hybridized carbons (Fsp3) is 0.409. The van der Waals surface area contributed by atoms with Gasteiger partial charge in [0.25, 0.3) is 0 Å². The van der Waals surface area contributed by atoms with Crippen LogP contribution in [0.4, 0.5) is 5.69 Å². The predicted octanol–water partition coefficient (Wildman–Crippen LogP) is 3.76. The largest absolute Gasteiger partial charge is 0.497 e. The molecule has 26 heavy (non-hydrogen) atoms. The Morgan fingerprint density at radius 1 is 1.08 bits per heavy atom. The molecule has 0 N–H and O–H groups in total. The summed E-state index contributed by atoms with van der Waals surface area (Å²) < 4.78 is 5.22. The highest BCUT2D eigenvalue weighted by molar-refractivity contribution is 5.92. The van der Waals surface area contributed by atoms with Crippen LogP contribution in [0.5, 0.6) is 5.75 Å². The van der Waals surface area contributed by atoms with Gasteiger partial charge < -0.3 is 14.5 Å². The summed E-state index contributed by atoms with van der Waals surface area (Å²) in [6, 6.07) is 18.7. The Morgan fingerprint density at radius 2 is 1.73 bits per heavy atom. The molecule has 1 saturated heterocycles. The van der Waals surface area contributed by atoms with Crippen LogP contribution >= 0.6 is 0 Å². The van der Waals surface area contributed by atoms with Gasteiger partial charge in [-0.3, -0.25) is 4.79 Å². The fourth-order valence-electron chi connectivity index (χ4n) is 3.73. The number of piperidine rings is 1. The molecule has 1 amide bonds. The van der Waals surface area contributed by atoms with Gasteiger partial charge in [0.15, 0.2) is 0 Å². The van der Waals surface area contributed by atoms with Crippen molar-refractivity contribution in [1.29, 1.82) is 0 Å². The van der Waals surface area contributed by atoms with Gasteiger partial charge in [-0.15, -0.1) is 0 Å². The number of nitrogens with zero attached hydrogens (tertiary/aromatic N) is 2. The normalized spacial score (nSPS) is 15.6. The summed E-state index contributed by atoms with van der Waals surface area (Å²) in [4.78, 5) is 16.7. The first-order valence-electron chi connectivity index (χ1n) is 9.37. The van der Waals surface area contributed by atoms with Crippen molar-refractivity contribution in [3.05, 3.63) is 60.2 Å². The molecule has 0 unspecified atom stereocenters. The molecule has 2 aromatic carbocycles. The van der Waals surface area contributed by atoms with Crippen LogP contribution in [0.1, 0.15) is 25.3 Å². The monoisotopic (exact) mass is 352 g/mol. The maximum Gasteiger partial charge on any atom is 0.224 e. The lowest BCUT2D eigenvalue weighted by molar-refractivity contribution is -0.117. The van der Waals surface area contributed by atoms with Gasteiger partial charge in [0.2, 0.25) is 5.91 Å². The second-order valence-electron chi connectivity index (χ2n) is 6.90. The van der Waals surface area contributed by atoms with E-state index in [1.165, 1.54) is 5.56 Å². The summed E-state index contributed by atoms with van der Waals surface area (Å²) in [6.07, 6.45) is 3.11. The highest BCUT2D eigenvalue weighted by Crippen LogP contribution is 2.26. The van der Waals surface area contributed by atoms with Crippen molar-refractivity contribution in [1.82, 2.24) is 4.90 Å². The standard InChI is InChI=1S/C22H28N2O2/c1-18(25)24(20-8-10-22(26-2)11-9-20)21-13-16-23(17-14-21)15-12-19-6-4-3-5-7-19/h3-11,21H,12-17H2,1-2H3. The van der Waals surface area contributed by atoms with E-state index in [9.17, 15) is 4.79 Å². The number of methoxy groups -OCH3 is 1. The average Bonchev–Trinajstić information content (AvgIpc) is 2.68. The number of carbonyl (C=O) groups is 1. The van der Waals surface area contributed by atoms with E-state index in [1.807, 2.05) is 29.2 Å². The summed E-state index contributed by atoms with van der Waals surface area (Å²) in [6.45, 7) is 4.82. The first-order valence-corrected chi connectivity index (χ1v) is 9.37. The Kier molecular flexibility index (Phi) is 6.29. The van der Waals surface area contributed by atoms with E-state index in [4.69, 9.17) is 4.74 Å². The highest BCUT2D eigenvalue weighted by Gasteiger charge is 2.27. The minimum atomic E-state index is 0.109. The molecule has 1 aliphatic rings. The number of benzene rings is 2. The first-order chi connectivity index (χ1) is 12.7. The van der Waals surface area contributed by atoms with Crippen molar-refractivity contribution < 1.29 is 9.53 Å². The zero-order valence-electron chi connectivity index (χ0n) is 15.7. The molecule has 1 aliphatic heterocycles. The van der Waals surface area contributed by atoms with Gasteiger partial charge in [0.05, 0.1) is 7.11 Å². The molecule has 0 spiro atoms. The number of ether oxygens (including phenoxy) is 1. The molecule has 0 radical (unpaired) electrons. The second-order valence-corrected chi connectivity index (χ2v) is 6.90. The van der Waals surface area contributed by atoms with E-state index in [0.29, 0.717) is 0 Å². The number of carbonyl (C=O) groups excluding carboxylic acids is 1. The maximum atomic E-state index is 12.3. The lowest BCUT2D eigenvalue weighted by atomic mass is 10.0. The summed E-state index contributed by atoms with van der Waals surface area (Å²) in [7, 11) is 1.66. The van der Waals surface area contributed by atoms with Crippen LogP contribution < -0.4 is 9.64 Å². The molecule has 3 rings (SSSR count). The molecule has 1 fully saturated rings. The third kappa shape index (κ3) is 4.64. The van der Waals surface area contributed by atoms with Crippen molar-refractivity contribution in [2.45, 2.75) is 32.2 Å². The van der Waals surface area contributed by atoms with E-state index < -0.39 is 0 Å². The van der Waals surface area contributed by atoms with Crippen LogP contribution in [0.3, 0.4) is 0 Å². The van der Waals surface area contributed by atoms with Crippen molar-refractivity contribution in [2.24, 2.45) is 0 Å². The number of rotatable bonds is 6. The van der Waals surface area contributed by atoms with Crippen LogP contribution in [0.2, 0.25) is 0 Å². The van der Waals surface area contributed by atoms with Crippen LogP contribution in [0.15, 0.2) is 54.6 Å². The Hall–Kier alpha value is -2.33. The Bertz CT molecular complexity index is 692. The molecular formula is C22H28N2O2. The van der Waals surface area contributed by atoms with Crippen LogP contribution in [-0.2, 0) is 11.2 Å². The number of hydrogen-bond acceptors (Lipinski definition) is 3. The minimum Gasteiger partial charge on any atom is -0.497 e. The SMILES string of the molecule is COc1ccc(N(C(C)=O)C2CCN(CCc3ccccc3)CC2)cc1. The lowest BCUT2D eigenvalue weighted by Crippen LogP contribution is -2.47. The second kappa shape index (κ2) is 8.86. The van der Waals surface area contributed by atoms with Gasteiger partial charge in [-0.1, -0.05) is 30.3 Å². The molecule has 138 valence electrons. The third-order valence-electron chi connectivity index (χ3n) is 5.17. The third-order valence-corrected chi connectivity index (χ3v) is 5.17. The Balaban J connectivity index is 1.56. The van der Waals surface area contributed by atoms with E-state index in [0.717, 1.165) is 50.3 Å². The summed E-state index contributed by atoms with van der Waals surface area (Å²) in [5, 5.41) is 0. The van der Waals surface area contributed by atoms with Crippen molar-refractivity contribution in [2.75, 3.05) is 31.6 Å². The van der Waals surface area contributed by atoms with Crippen LogP contribution in [0.25, 0.3) is 0 Å². The predicted molar refractivity (Wildman–Crippen MR) is 106 cm³/mol. The molecule has 4 nitrogen and oxygen atoms in total. The average molecular weight is 352 g/mol. The van der Waals surface area contributed by atoms with Gasteiger partial charge in [0.1, 0.15) is 5.75 Å². The van der Waals surface area contributed by atoms with E-state index in [-0.39, 0.29) is 11.9 Å². The summed E-state index contributed by atoms with van der Waals surface area (Å²) >= 11 is 0. The number of likely N-dealkylation sites (tertiary alicyclic amines) is 1. The molecule has 1 heterocycles. The smallest absolute Gasteiger partial charge is 0.224 e. The molecule has 0 bridgehead atoms. The number of anilines is 1. The molecular weight excluding hydrogens is 324 g/mol. The van der Waals surface area contributed by atoms with Crippen LogP contribution in [0, 0.1) is 0 Å². The van der Waals surface area contributed by atoms with Gasteiger partial charge in [-0.25, -0.2) is 0 Å². The van der Waals surface area contributed by atoms with Gasteiger partial charge in [-0.05, 0) is 49.1 Å². The van der Waals surface area contributed by atoms with Gasteiger partial charge in [-0.2, -0.15) is 0 Å². The van der Waals surface area contributed by atoms with Crippen molar-refractivity contribution in [3.63, 3.8) is 0 Å². The van der Waals surface area contributed by atoms with Gasteiger partial charge >= 0.3 is 0 Å². The van der Waals surface area contributed by atoms with Crippen molar-refractivity contribution in [3.8, 4) is 5.75 Å². The summed E-state index contributed by atoms with van der Waals surface area (Å²) in [5.74, 6) is 0.922. The molecule has 0 aliphatic carbocycles. The molecule has 0 atom stereocenters. The van der Waals surface area contributed by atoms with E-state index in [1.54, 1.807) is 14.0 Å². The molecule has 4 heteroatoms. The first kappa shape index (κ1) is 18.5. The van der Waals surface area contributed by atoms with E-state index in [2.05, 4.69) is 35.2 Å². The Labute approximate surface area is 156 Å². The van der Waals surface area contributed by atoms with Gasteiger partial charge in [0, 0.05) is 38.3 Å². The highest BCUT2D eigenvalue weighted by atomic mass is 16.5. The van der Waals surface area contributed by atoms with E-state index >= 15 is 0 Å². The Morgan fingerprint density at radius 3 is 2.31 bits per heavy atom. The zero-order valence-corrected chi connectivity index (χ0v) is 15.7. The zero-order chi connectivity index (χ0) is 18.4. The number of amides is 1. The topological polar surface area (TPSA) is 32.8 Å². The molecule has 0 aromatic heterocycles. The maximum absolute atomic E-state index is 12.3. The quantitative estimate of drug-likeness (QED) is 0.794. The molecule has 2 aromatic rings. The molecule has 0 saturated carbocycles. The summed E-state index contributed by atoms with van der Waals surface area (Å²) in [5.41, 5.74) is 2.35. The van der Waals surface area contributed by atoms with Crippen molar-refractivity contribution >= 4 is 11.6 Å². The minimum absolute atomic E-state index is 0.109. The number of hydrogen-bond donors (Lipinski definition) is 0. The lowest BCUT2D eigenvalue weighted by Gasteiger charge is -2.38. The fourth-order valence-corrected chi connectivity index (χ4v) is 3.73. The van der Waals surface area contributed by atoms with Crippen LogP contribution in [-0.4, -0.2) is 43.6 Å².